The van der Waals surface area contributed by atoms with E-state index in [-0.39, 0.29) is 5.91 Å². The normalized spacial score (nSPS) is 16.3. The number of amides is 1. The Labute approximate surface area is 52.9 Å². The van der Waals surface area contributed by atoms with Gasteiger partial charge >= 0.3 is 0 Å². The van der Waals surface area contributed by atoms with Gasteiger partial charge in [-0.15, -0.1) is 0 Å². The van der Waals surface area contributed by atoms with Crippen LogP contribution in [0.25, 0.3) is 0 Å². The summed E-state index contributed by atoms with van der Waals surface area (Å²) >= 11 is 0. The lowest BCUT2D eigenvalue weighted by atomic mass is 10.3. The highest BCUT2D eigenvalue weighted by molar-refractivity contribution is 6.38. The summed E-state index contributed by atoms with van der Waals surface area (Å²) in [6.07, 6.45) is 0.625. The predicted molar refractivity (Wildman–Crippen MR) is 32.1 cm³/mol. The van der Waals surface area contributed by atoms with Crippen LogP contribution in [0.1, 0.15) is 6.42 Å². The van der Waals surface area contributed by atoms with Gasteiger partial charge < -0.3 is 10.2 Å². The average Bonchev–Trinajstić information content (AvgIpc) is 2.37. The van der Waals surface area contributed by atoms with Gasteiger partial charge in [-0.2, -0.15) is 0 Å². The number of carbonyl (C=O) groups is 1. The fourth-order valence-corrected chi connectivity index (χ4v) is 0.611. The highest BCUT2D eigenvalue weighted by Gasteiger charge is 2.14. The maximum Gasteiger partial charge on any atom is 0.268 e. The molecule has 50 valence electrons. The predicted octanol–water partition coefficient (Wildman–Crippen LogP) is -0.491. The third kappa shape index (κ3) is 1.19. The summed E-state index contributed by atoms with van der Waals surface area (Å²) in [5.74, 6) is -0.146. The van der Waals surface area contributed by atoms with E-state index in [4.69, 9.17) is 0 Å². The highest BCUT2D eigenvalue weighted by Crippen LogP contribution is 1.98. The molecule has 4 nitrogen and oxygen atoms in total. The van der Waals surface area contributed by atoms with Gasteiger partial charge in [-0.25, -0.2) is 0 Å². The largest absolute Gasteiger partial charge is 0.395 e. The Bertz CT molecular complexity index is 153. The van der Waals surface area contributed by atoms with Crippen molar-refractivity contribution in [2.75, 3.05) is 13.7 Å². The molecular formula is C5H8N2O2. The molecule has 0 atom stereocenters. The van der Waals surface area contributed by atoms with E-state index in [1.165, 1.54) is 0 Å². The van der Waals surface area contributed by atoms with Crippen molar-refractivity contribution < 1.29 is 9.63 Å². The third-order valence-corrected chi connectivity index (χ3v) is 1.09. The van der Waals surface area contributed by atoms with Gasteiger partial charge in [0.25, 0.3) is 5.91 Å². The molecule has 0 fully saturated rings. The maximum atomic E-state index is 10.7. The summed E-state index contributed by atoms with van der Waals surface area (Å²) < 4.78 is 0. The molecule has 0 aliphatic carbocycles. The van der Waals surface area contributed by atoms with Crippen molar-refractivity contribution in [2.24, 2.45) is 5.16 Å². The molecule has 0 spiro atoms. The summed E-state index contributed by atoms with van der Waals surface area (Å²) in [7, 11) is 1.57. The van der Waals surface area contributed by atoms with E-state index in [1.54, 1.807) is 7.05 Å². The molecule has 0 radical (unpaired) electrons. The first-order valence-electron chi connectivity index (χ1n) is 2.75. The number of carbonyl (C=O) groups excluding carboxylic acids is 1. The molecule has 0 unspecified atom stereocenters. The minimum absolute atomic E-state index is 0.146. The monoisotopic (exact) mass is 128 g/mol. The lowest BCUT2D eigenvalue weighted by Crippen LogP contribution is -2.26. The van der Waals surface area contributed by atoms with Crippen LogP contribution in [0.4, 0.5) is 0 Å². The van der Waals surface area contributed by atoms with Crippen LogP contribution in [0.5, 0.6) is 0 Å². The van der Waals surface area contributed by atoms with Gasteiger partial charge in [-0.3, -0.25) is 4.79 Å². The molecule has 0 aromatic carbocycles. The van der Waals surface area contributed by atoms with Crippen molar-refractivity contribution in [1.82, 2.24) is 5.32 Å². The lowest BCUT2D eigenvalue weighted by Gasteiger charge is -1.91. The number of nitrogens with one attached hydrogen (secondary N) is 1. The Kier molecular flexibility index (Phi) is 1.67. The Morgan fingerprint density at radius 3 is 3.11 bits per heavy atom. The van der Waals surface area contributed by atoms with Crippen LogP contribution in [0.15, 0.2) is 5.16 Å². The van der Waals surface area contributed by atoms with E-state index in [0.717, 1.165) is 0 Å². The van der Waals surface area contributed by atoms with Crippen LogP contribution in [0, 0.1) is 0 Å². The van der Waals surface area contributed by atoms with Gasteiger partial charge in [0.2, 0.25) is 0 Å². The van der Waals surface area contributed by atoms with Crippen LogP contribution in [-0.4, -0.2) is 25.3 Å². The van der Waals surface area contributed by atoms with Crippen molar-refractivity contribution in [2.45, 2.75) is 6.42 Å². The molecule has 1 rings (SSSR count). The molecule has 4 heteroatoms. The average molecular weight is 128 g/mol. The second-order valence-electron chi connectivity index (χ2n) is 1.70. The summed E-state index contributed by atoms with van der Waals surface area (Å²) in [5, 5.41) is 5.97. The molecular weight excluding hydrogens is 120 g/mol. The van der Waals surface area contributed by atoms with Crippen LogP contribution < -0.4 is 5.32 Å². The Morgan fingerprint density at radius 1 is 1.89 bits per heavy atom. The molecule has 1 amide bonds. The topological polar surface area (TPSA) is 50.7 Å². The first kappa shape index (κ1) is 6.07. The van der Waals surface area contributed by atoms with Crippen LogP contribution in [0.3, 0.4) is 0 Å². The van der Waals surface area contributed by atoms with Crippen molar-refractivity contribution in [3.63, 3.8) is 0 Å². The van der Waals surface area contributed by atoms with Gasteiger partial charge in [-0.05, 0) is 0 Å². The standard InChI is InChI=1S/C5H8N2O2/c1-6-5(8)4-2-3-9-7-4/h2-3H2,1H3,(H,6,8). The molecule has 1 aliphatic heterocycles. The molecule has 0 saturated heterocycles. The van der Waals surface area contributed by atoms with Crippen LogP contribution in [-0.2, 0) is 9.63 Å². The van der Waals surface area contributed by atoms with Crippen molar-refractivity contribution >= 4 is 11.6 Å². The first-order chi connectivity index (χ1) is 4.34. The minimum atomic E-state index is -0.146. The van der Waals surface area contributed by atoms with Crippen LogP contribution >= 0.6 is 0 Å². The van der Waals surface area contributed by atoms with E-state index in [2.05, 4.69) is 15.3 Å². The zero-order valence-corrected chi connectivity index (χ0v) is 5.18. The maximum absolute atomic E-state index is 10.7. The minimum Gasteiger partial charge on any atom is -0.395 e. The van der Waals surface area contributed by atoms with E-state index >= 15 is 0 Å². The van der Waals surface area contributed by atoms with E-state index in [9.17, 15) is 4.79 Å². The van der Waals surface area contributed by atoms with Crippen molar-refractivity contribution in [1.29, 1.82) is 0 Å². The Hall–Kier alpha value is -1.06. The molecule has 0 aromatic heterocycles. The number of rotatable bonds is 1. The Balaban J connectivity index is 2.51. The summed E-state index contributed by atoms with van der Waals surface area (Å²) in [6.45, 7) is 0.531. The van der Waals surface area contributed by atoms with Gasteiger partial charge in [0.15, 0.2) is 0 Å². The third-order valence-electron chi connectivity index (χ3n) is 1.09. The highest BCUT2D eigenvalue weighted by atomic mass is 16.6. The number of hydrogen-bond acceptors (Lipinski definition) is 3. The summed E-state index contributed by atoms with van der Waals surface area (Å²) in [4.78, 5) is 15.3. The van der Waals surface area contributed by atoms with E-state index in [0.29, 0.717) is 18.7 Å². The zero-order chi connectivity index (χ0) is 6.69. The fourth-order valence-electron chi connectivity index (χ4n) is 0.611. The summed E-state index contributed by atoms with van der Waals surface area (Å²) in [5.41, 5.74) is 0.484. The molecule has 1 aliphatic rings. The van der Waals surface area contributed by atoms with Crippen molar-refractivity contribution in [3.8, 4) is 0 Å². The van der Waals surface area contributed by atoms with Gasteiger partial charge in [0.1, 0.15) is 12.3 Å². The second-order valence-corrected chi connectivity index (χ2v) is 1.70. The quantitative estimate of drug-likeness (QED) is 0.518. The summed E-state index contributed by atoms with van der Waals surface area (Å²) in [6, 6.07) is 0. The zero-order valence-electron chi connectivity index (χ0n) is 5.18. The van der Waals surface area contributed by atoms with Crippen LogP contribution in [0.2, 0.25) is 0 Å². The number of hydrogen-bond donors (Lipinski definition) is 1. The molecule has 1 heterocycles. The second kappa shape index (κ2) is 2.48. The smallest absolute Gasteiger partial charge is 0.268 e. The Morgan fingerprint density at radius 2 is 2.67 bits per heavy atom. The molecule has 0 bridgehead atoms. The molecule has 0 aromatic rings. The molecule has 9 heavy (non-hydrogen) atoms. The number of nitrogens with zero attached hydrogens (tertiary/aromatic N) is 1. The van der Waals surface area contributed by atoms with Crippen molar-refractivity contribution in [3.05, 3.63) is 0 Å². The molecule has 1 N–H and O–H groups in total. The van der Waals surface area contributed by atoms with Gasteiger partial charge in [0.05, 0.1) is 0 Å². The molecule has 0 saturated carbocycles. The van der Waals surface area contributed by atoms with E-state index < -0.39 is 0 Å². The number of oxime groups is 1. The van der Waals surface area contributed by atoms with E-state index in [1.807, 2.05) is 0 Å². The van der Waals surface area contributed by atoms with Gasteiger partial charge in [-0.1, -0.05) is 5.16 Å². The SMILES string of the molecule is CNC(=O)C1=NOCC1. The first-order valence-corrected chi connectivity index (χ1v) is 2.75. The van der Waals surface area contributed by atoms with Gasteiger partial charge in [0, 0.05) is 13.5 Å². The fraction of sp³-hybridized carbons (Fsp3) is 0.600. The lowest BCUT2D eigenvalue weighted by molar-refractivity contribution is -0.114.